The van der Waals surface area contributed by atoms with Crippen molar-refractivity contribution in [3.05, 3.63) is 59.2 Å². The number of carbonyl (C=O) groups excluding carboxylic acids is 2. The van der Waals surface area contributed by atoms with Crippen LogP contribution in [0, 0.1) is 11.6 Å². The van der Waals surface area contributed by atoms with Crippen molar-refractivity contribution < 1.29 is 32.6 Å². The molecule has 0 saturated carbocycles. The van der Waals surface area contributed by atoms with Crippen molar-refractivity contribution in [2.75, 3.05) is 20.8 Å². The van der Waals surface area contributed by atoms with E-state index in [-0.39, 0.29) is 5.56 Å². The molecule has 2 aromatic carbocycles. The van der Waals surface area contributed by atoms with Gasteiger partial charge in [0.15, 0.2) is 6.61 Å². The Hall–Kier alpha value is -3.16. The maximum atomic E-state index is 13.1. The predicted molar refractivity (Wildman–Crippen MR) is 92.7 cm³/mol. The van der Waals surface area contributed by atoms with Crippen molar-refractivity contribution >= 4 is 11.9 Å². The number of methoxy groups -OCH3 is 2. The van der Waals surface area contributed by atoms with Crippen LogP contribution < -0.4 is 14.8 Å². The highest BCUT2D eigenvalue weighted by atomic mass is 19.1. The second-order valence-electron chi connectivity index (χ2n) is 5.63. The molecule has 1 atom stereocenters. The zero-order valence-corrected chi connectivity index (χ0v) is 15.0. The van der Waals surface area contributed by atoms with Crippen LogP contribution in [0.2, 0.25) is 0 Å². The normalized spacial score (nSPS) is 11.4. The summed E-state index contributed by atoms with van der Waals surface area (Å²) < 4.78 is 41.5. The first kappa shape index (κ1) is 20.2. The Morgan fingerprint density at radius 1 is 1.04 bits per heavy atom. The number of ether oxygens (including phenoxy) is 3. The van der Waals surface area contributed by atoms with E-state index in [0.29, 0.717) is 23.1 Å². The van der Waals surface area contributed by atoms with Crippen LogP contribution in [0.3, 0.4) is 0 Å². The number of halogens is 2. The first-order valence-corrected chi connectivity index (χ1v) is 7.98. The zero-order chi connectivity index (χ0) is 20.0. The molecule has 2 aromatic rings. The third kappa shape index (κ3) is 5.40. The molecule has 1 amide bonds. The van der Waals surface area contributed by atoms with Crippen LogP contribution in [0.5, 0.6) is 11.5 Å². The molecule has 0 saturated heterocycles. The van der Waals surface area contributed by atoms with E-state index in [1.54, 1.807) is 25.1 Å². The fourth-order valence-corrected chi connectivity index (χ4v) is 2.42. The second-order valence-corrected chi connectivity index (χ2v) is 5.63. The minimum absolute atomic E-state index is 0.317. The van der Waals surface area contributed by atoms with Crippen LogP contribution in [-0.4, -0.2) is 32.7 Å². The summed E-state index contributed by atoms with van der Waals surface area (Å²) in [4.78, 5) is 23.9. The number of hydrogen-bond donors (Lipinski definition) is 1. The molecule has 8 heteroatoms. The largest absolute Gasteiger partial charge is 0.497 e. The molecule has 1 N–H and O–H groups in total. The van der Waals surface area contributed by atoms with E-state index in [9.17, 15) is 18.4 Å². The van der Waals surface area contributed by atoms with Crippen molar-refractivity contribution in [3.8, 4) is 11.5 Å². The molecule has 0 fully saturated rings. The summed E-state index contributed by atoms with van der Waals surface area (Å²) in [6.07, 6.45) is 0. The zero-order valence-electron chi connectivity index (χ0n) is 15.0. The van der Waals surface area contributed by atoms with Gasteiger partial charge in [0.2, 0.25) is 0 Å². The highest BCUT2D eigenvalue weighted by molar-refractivity contribution is 5.91. The van der Waals surface area contributed by atoms with E-state index in [4.69, 9.17) is 14.2 Å². The average Bonchev–Trinajstić information content (AvgIpc) is 2.64. The van der Waals surface area contributed by atoms with Crippen LogP contribution >= 0.6 is 0 Å². The fraction of sp³-hybridized carbons (Fsp3) is 0.263. The van der Waals surface area contributed by atoms with Gasteiger partial charge in [-0.15, -0.1) is 0 Å². The molecule has 0 aliphatic heterocycles. The number of nitrogens with one attached hydrogen (secondary N) is 1. The van der Waals surface area contributed by atoms with Crippen LogP contribution in [0.25, 0.3) is 0 Å². The molecule has 0 aliphatic carbocycles. The van der Waals surface area contributed by atoms with Gasteiger partial charge in [-0.1, -0.05) is 0 Å². The molecule has 0 heterocycles. The molecule has 0 spiro atoms. The summed E-state index contributed by atoms with van der Waals surface area (Å²) in [5.74, 6) is -2.27. The summed E-state index contributed by atoms with van der Waals surface area (Å²) in [5.41, 5.74) is 0.353. The van der Waals surface area contributed by atoms with Gasteiger partial charge in [-0.05, 0) is 37.3 Å². The Bertz CT molecular complexity index is 821. The Kier molecular flexibility index (Phi) is 6.70. The van der Waals surface area contributed by atoms with Crippen LogP contribution in [0.1, 0.15) is 28.9 Å². The second kappa shape index (κ2) is 8.98. The SMILES string of the molecule is COc1ccc(OC)c(C(C)NC(=O)COC(=O)c2cc(F)cc(F)c2)c1. The van der Waals surface area contributed by atoms with Gasteiger partial charge in [-0.2, -0.15) is 0 Å². The highest BCUT2D eigenvalue weighted by Crippen LogP contribution is 2.29. The molecular formula is C19H19F2NO5. The average molecular weight is 379 g/mol. The maximum absolute atomic E-state index is 13.1. The minimum atomic E-state index is -1.00. The monoisotopic (exact) mass is 379 g/mol. The number of amides is 1. The van der Waals surface area contributed by atoms with Gasteiger partial charge < -0.3 is 19.5 Å². The van der Waals surface area contributed by atoms with Gasteiger partial charge in [0.05, 0.1) is 25.8 Å². The van der Waals surface area contributed by atoms with Gasteiger partial charge in [0.25, 0.3) is 5.91 Å². The lowest BCUT2D eigenvalue weighted by atomic mass is 10.1. The summed E-state index contributed by atoms with van der Waals surface area (Å²) in [7, 11) is 3.02. The van der Waals surface area contributed by atoms with E-state index in [1.165, 1.54) is 14.2 Å². The van der Waals surface area contributed by atoms with E-state index in [1.807, 2.05) is 0 Å². The lowest BCUT2D eigenvalue weighted by Gasteiger charge is -2.18. The third-order valence-electron chi connectivity index (χ3n) is 3.71. The first-order valence-electron chi connectivity index (χ1n) is 7.98. The molecule has 0 aliphatic rings. The summed E-state index contributed by atoms with van der Waals surface area (Å²) in [6, 6.07) is 6.96. The van der Waals surface area contributed by atoms with E-state index in [0.717, 1.165) is 12.1 Å². The van der Waals surface area contributed by atoms with Crippen LogP contribution in [0.15, 0.2) is 36.4 Å². The Morgan fingerprint density at radius 3 is 2.30 bits per heavy atom. The molecule has 144 valence electrons. The van der Waals surface area contributed by atoms with E-state index in [2.05, 4.69) is 5.32 Å². The van der Waals surface area contributed by atoms with Crippen molar-refractivity contribution in [3.63, 3.8) is 0 Å². The smallest absolute Gasteiger partial charge is 0.338 e. The topological polar surface area (TPSA) is 73.9 Å². The quantitative estimate of drug-likeness (QED) is 0.749. The van der Waals surface area contributed by atoms with Gasteiger partial charge in [-0.3, -0.25) is 4.79 Å². The fourth-order valence-electron chi connectivity index (χ4n) is 2.42. The van der Waals surface area contributed by atoms with E-state index < -0.39 is 36.2 Å². The maximum Gasteiger partial charge on any atom is 0.338 e. The van der Waals surface area contributed by atoms with Crippen LogP contribution in [-0.2, 0) is 9.53 Å². The molecule has 0 bridgehead atoms. The van der Waals surface area contributed by atoms with Crippen molar-refractivity contribution in [2.24, 2.45) is 0 Å². The molecule has 0 aromatic heterocycles. The standard InChI is InChI=1S/C19H19F2NO5/c1-11(16-9-15(25-2)4-5-17(16)26-3)22-18(23)10-27-19(24)12-6-13(20)8-14(21)7-12/h4-9,11H,10H2,1-3H3,(H,22,23). The number of carbonyl (C=O) groups is 2. The lowest BCUT2D eigenvalue weighted by molar-refractivity contribution is -0.124. The lowest BCUT2D eigenvalue weighted by Crippen LogP contribution is -2.31. The van der Waals surface area contributed by atoms with E-state index >= 15 is 0 Å². The molecule has 0 radical (unpaired) electrons. The molecule has 6 nitrogen and oxygen atoms in total. The molecule has 27 heavy (non-hydrogen) atoms. The number of esters is 1. The predicted octanol–water partition coefficient (Wildman–Crippen LogP) is 3.02. The summed E-state index contributed by atoms with van der Waals surface area (Å²) >= 11 is 0. The van der Waals surface area contributed by atoms with Crippen molar-refractivity contribution in [1.82, 2.24) is 5.32 Å². The van der Waals surface area contributed by atoms with Gasteiger partial charge in [-0.25, -0.2) is 13.6 Å². The number of hydrogen-bond acceptors (Lipinski definition) is 5. The third-order valence-corrected chi connectivity index (χ3v) is 3.71. The molecule has 1 unspecified atom stereocenters. The summed E-state index contributed by atoms with van der Waals surface area (Å²) in [6.45, 7) is 1.12. The van der Waals surface area contributed by atoms with Crippen molar-refractivity contribution in [2.45, 2.75) is 13.0 Å². The van der Waals surface area contributed by atoms with Gasteiger partial charge in [0, 0.05) is 11.6 Å². The minimum Gasteiger partial charge on any atom is -0.497 e. The Morgan fingerprint density at radius 2 is 1.70 bits per heavy atom. The number of benzene rings is 2. The van der Waals surface area contributed by atoms with Crippen molar-refractivity contribution in [1.29, 1.82) is 0 Å². The number of rotatable bonds is 7. The Labute approximate surface area is 155 Å². The molecular weight excluding hydrogens is 360 g/mol. The Balaban J connectivity index is 1.98. The van der Waals surface area contributed by atoms with Gasteiger partial charge >= 0.3 is 5.97 Å². The molecule has 2 rings (SSSR count). The first-order chi connectivity index (χ1) is 12.8. The van der Waals surface area contributed by atoms with Gasteiger partial charge in [0.1, 0.15) is 23.1 Å². The summed E-state index contributed by atoms with van der Waals surface area (Å²) in [5, 5.41) is 2.65. The highest BCUT2D eigenvalue weighted by Gasteiger charge is 2.17. The van der Waals surface area contributed by atoms with Crippen LogP contribution in [0.4, 0.5) is 8.78 Å².